The van der Waals surface area contributed by atoms with Crippen LogP contribution in [-0.2, 0) is 23.7 Å². The van der Waals surface area contributed by atoms with Gasteiger partial charge < -0.3 is 34.3 Å². The van der Waals surface area contributed by atoms with Gasteiger partial charge in [-0.25, -0.2) is 0 Å². The lowest BCUT2D eigenvalue weighted by Gasteiger charge is -2.33. The predicted molar refractivity (Wildman–Crippen MR) is 100 cm³/mol. The van der Waals surface area contributed by atoms with E-state index in [4.69, 9.17) is 34.3 Å². The molecule has 0 radical (unpaired) electrons. The van der Waals surface area contributed by atoms with E-state index in [1.54, 1.807) is 20.8 Å². The fourth-order valence-corrected chi connectivity index (χ4v) is 2.33. The molecule has 0 aromatic rings. The van der Waals surface area contributed by atoms with Gasteiger partial charge in [0.1, 0.15) is 5.60 Å². The van der Waals surface area contributed by atoms with Gasteiger partial charge in [-0.2, -0.15) is 0 Å². The summed E-state index contributed by atoms with van der Waals surface area (Å²) in [7, 11) is 0. The van der Waals surface area contributed by atoms with E-state index in [0.29, 0.717) is 39.1 Å². The second-order valence-electron chi connectivity index (χ2n) is 7.65. The molecule has 0 aromatic carbocycles. The number of ether oxygens (including phenoxy) is 4. The van der Waals surface area contributed by atoms with Crippen LogP contribution >= 0.6 is 0 Å². The second kappa shape index (κ2) is 15.2. The van der Waals surface area contributed by atoms with Crippen molar-refractivity contribution in [2.75, 3.05) is 59.5 Å². The lowest BCUT2D eigenvalue weighted by atomic mass is 9.86. The van der Waals surface area contributed by atoms with Crippen LogP contribution in [-0.4, -0.2) is 86.4 Å². The molecular formula is C19H38O8. The van der Waals surface area contributed by atoms with E-state index in [1.807, 2.05) is 0 Å². The zero-order chi connectivity index (χ0) is 20.6. The van der Waals surface area contributed by atoms with Crippen molar-refractivity contribution in [1.29, 1.82) is 0 Å². The third-order valence-electron chi connectivity index (χ3n) is 3.50. The van der Waals surface area contributed by atoms with Gasteiger partial charge in [-0.1, -0.05) is 0 Å². The van der Waals surface area contributed by atoms with Gasteiger partial charge in [0.15, 0.2) is 0 Å². The van der Waals surface area contributed by atoms with Crippen LogP contribution in [0, 0.1) is 5.41 Å². The van der Waals surface area contributed by atoms with Crippen molar-refractivity contribution in [3.63, 3.8) is 0 Å². The maximum Gasteiger partial charge on any atom is 0.307 e. The number of carbonyl (C=O) groups excluding carboxylic acids is 1. The molecule has 0 rings (SSSR count). The van der Waals surface area contributed by atoms with Crippen LogP contribution in [0.4, 0.5) is 0 Å². The van der Waals surface area contributed by atoms with Crippen LogP contribution in [0.1, 0.15) is 46.5 Å². The Morgan fingerprint density at radius 3 is 1.41 bits per heavy atom. The summed E-state index contributed by atoms with van der Waals surface area (Å²) < 4.78 is 22.4. The van der Waals surface area contributed by atoms with Gasteiger partial charge in [-0.15, -0.1) is 0 Å². The Labute approximate surface area is 162 Å². The fourth-order valence-electron chi connectivity index (χ4n) is 2.33. The second-order valence-corrected chi connectivity index (χ2v) is 7.65. The van der Waals surface area contributed by atoms with Gasteiger partial charge in [0, 0.05) is 39.6 Å². The van der Waals surface area contributed by atoms with Crippen molar-refractivity contribution < 1.29 is 39.1 Å². The first-order valence-corrected chi connectivity index (χ1v) is 9.56. The molecule has 0 aliphatic heterocycles. The van der Waals surface area contributed by atoms with Gasteiger partial charge >= 0.3 is 5.97 Å². The Kier molecular flexibility index (Phi) is 14.8. The third-order valence-corrected chi connectivity index (χ3v) is 3.50. The number of rotatable bonds is 17. The van der Waals surface area contributed by atoms with Crippen LogP contribution < -0.4 is 0 Å². The SMILES string of the molecule is CC(C)(C)OC(=O)CC(COCCCO)(COCCCO)COCCCO. The number of hydrogen-bond acceptors (Lipinski definition) is 8. The number of esters is 1. The Hall–Kier alpha value is -0.770. The van der Waals surface area contributed by atoms with E-state index >= 15 is 0 Å². The number of carbonyl (C=O) groups is 1. The minimum Gasteiger partial charge on any atom is -0.460 e. The minimum atomic E-state index is -0.747. The molecule has 0 saturated heterocycles. The molecule has 0 amide bonds. The highest BCUT2D eigenvalue weighted by atomic mass is 16.6. The third kappa shape index (κ3) is 14.9. The van der Waals surface area contributed by atoms with Gasteiger partial charge in [0.05, 0.1) is 31.7 Å². The number of aliphatic hydroxyl groups is 3. The molecule has 0 aromatic heterocycles. The van der Waals surface area contributed by atoms with E-state index < -0.39 is 11.0 Å². The molecule has 0 aliphatic rings. The zero-order valence-electron chi connectivity index (χ0n) is 17.1. The van der Waals surface area contributed by atoms with E-state index in [9.17, 15) is 4.79 Å². The van der Waals surface area contributed by atoms with E-state index in [0.717, 1.165) is 0 Å². The molecule has 3 N–H and O–H groups in total. The van der Waals surface area contributed by atoms with E-state index in [1.165, 1.54) is 0 Å². The summed E-state index contributed by atoms with van der Waals surface area (Å²) in [6.45, 7) is 7.22. The zero-order valence-corrected chi connectivity index (χ0v) is 17.1. The molecule has 27 heavy (non-hydrogen) atoms. The molecule has 0 spiro atoms. The van der Waals surface area contributed by atoms with Crippen LogP contribution in [0.25, 0.3) is 0 Å². The predicted octanol–water partition coefficient (Wildman–Crippen LogP) is 0.902. The fraction of sp³-hybridized carbons (Fsp3) is 0.947. The first-order chi connectivity index (χ1) is 12.8. The summed E-state index contributed by atoms with van der Waals surface area (Å²) in [5.74, 6) is -0.371. The minimum absolute atomic E-state index is 0.0269. The molecule has 0 heterocycles. The standard InChI is InChI=1S/C19H38O8/c1-18(2,3)27-17(23)13-19(14-24-10-4-7-20,15-25-11-5-8-21)16-26-12-6-9-22/h20-22H,4-16H2,1-3H3. The maximum absolute atomic E-state index is 12.4. The molecule has 0 unspecified atom stereocenters. The lowest BCUT2D eigenvalue weighted by Crippen LogP contribution is -2.41. The topological polar surface area (TPSA) is 115 Å². The number of hydrogen-bond donors (Lipinski definition) is 3. The summed E-state index contributed by atoms with van der Waals surface area (Å²) in [6, 6.07) is 0. The van der Waals surface area contributed by atoms with Crippen molar-refractivity contribution >= 4 is 5.97 Å². The monoisotopic (exact) mass is 394 g/mol. The maximum atomic E-state index is 12.4. The first-order valence-electron chi connectivity index (χ1n) is 9.56. The highest BCUT2D eigenvalue weighted by molar-refractivity contribution is 5.70. The van der Waals surface area contributed by atoms with E-state index in [-0.39, 0.29) is 52.0 Å². The highest BCUT2D eigenvalue weighted by Gasteiger charge is 2.36. The van der Waals surface area contributed by atoms with Crippen molar-refractivity contribution in [3.8, 4) is 0 Å². The smallest absolute Gasteiger partial charge is 0.307 e. The van der Waals surface area contributed by atoms with Crippen LogP contribution in [0.15, 0.2) is 0 Å². The quantitative estimate of drug-likeness (QED) is 0.246. The Bertz CT molecular complexity index is 336. The summed E-state index contributed by atoms with van der Waals surface area (Å²) in [6.07, 6.45) is 1.55. The lowest BCUT2D eigenvalue weighted by molar-refractivity contribution is -0.163. The molecule has 8 nitrogen and oxygen atoms in total. The molecule has 8 heteroatoms. The Balaban J connectivity index is 5.04. The molecule has 0 aliphatic carbocycles. The van der Waals surface area contributed by atoms with Gasteiger partial charge in [-0.3, -0.25) is 4.79 Å². The highest BCUT2D eigenvalue weighted by Crippen LogP contribution is 2.27. The molecule has 0 fully saturated rings. The van der Waals surface area contributed by atoms with Crippen LogP contribution in [0.2, 0.25) is 0 Å². The Morgan fingerprint density at radius 1 is 0.741 bits per heavy atom. The largest absolute Gasteiger partial charge is 0.460 e. The van der Waals surface area contributed by atoms with Crippen molar-refractivity contribution in [1.82, 2.24) is 0 Å². The van der Waals surface area contributed by atoms with Gasteiger partial charge in [-0.05, 0) is 40.0 Å². The first kappa shape index (κ1) is 26.2. The Morgan fingerprint density at radius 2 is 1.11 bits per heavy atom. The molecular weight excluding hydrogens is 356 g/mol. The summed E-state index contributed by atoms with van der Waals surface area (Å²) >= 11 is 0. The van der Waals surface area contributed by atoms with Crippen LogP contribution in [0.3, 0.4) is 0 Å². The molecule has 0 atom stereocenters. The molecule has 0 bridgehead atoms. The summed E-state index contributed by atoms with van der Waals surface area (Å²) in [5.41, 5.74) is -1.35. The summed E-state index contributed by atoms with van der Waals surface area (Å²) in [4.78, 5) is 12.4. The summed E-state index contributed by atoms with van der Waals surface area (Å²) in [5, 5.41) is 26.8. The van der Waals surface area contributed by atoms with E-state index in [2.05, 4.69) is 0 Å². The van der Waals surface area contributed by atoms with Crippen molar-refractivity contribution in [2.45, 2.75) is 52.1 Å². The average Bonchev–Trinajstić information content (AvgIpc) is 2.58. The normalized spacial score (nSPS) is 12.4. The van der Waals surface area contributed by atoms with Gasteiger partial charge in [0.2, 0.25) is 0 Å². The molecule has 162 valence electrons. The van der Waals surface area contributed by atoms with Crippen molar-refractivity contribution in [3.05, 3.63) is 0 Å². The molecule has 0 saturated carbocycles. The van der Waals surface area contributed by atoms with Crippen LogP contribution in [0.5, 0.6) is 0 Å². The van der Waals surface area contributed by atoms with Gasteiger partial charge in [0.25, 0.3) is 0 Å². The average molecular weight is 395 g/mol. The number of aliphatic hydroxyl groups excluding tert-OH is 3. The van der Waals surface area contributed by atoms with Crippen molar-refractivity contribution in [2.24, 2.45) is 5.41 Å².